The number of hydrogen-bond donors (Lipinski definition) is 1. The highest BCUT2D eigenvalue weighted by Crippen LogP contribution is 2.23. The van der Waals surface area contributed by atoms with Crippen LogP contribution in [0.4, 0.5) is 0 Å². The SMILES string of the molecule is Cn1nccc1-c1cc(=O)c2cccc(Br)c2[nH]1. The first-order valence-electron chi connectivity index (χ1n) is 5.47. The van der Waals surface area contributed by atoms with Gasteiger partial charge in [-0.15, -0.1) is 0 Å². The molecule has 0 atom stereocenters. The second kappa shape index (κ2) is 4.10. The summed E-state index contributed by atoms with van der Waals surface area (Å²) in [4.78, 5) is 15.4. The Kier molecular flexibility index (Phi) is 2.56. The number of benzene rings is 1. The molecule has 3 rings (SSSR count). The highest BCUT2D eigenvalue weighted by Gasteiger charge is 2.08. The maximum absolute atomic E-state index is 12.1. The van der Waals surface area contributed by atoms with Crippen LogP contribution >= 0.6 is 15.9 Å². The third-order valence-corrected chi connectivity index (χ3v) is 3.57. The van der Waals surface area contributed by atoms with Crippen molar-refractivity contribution in [3.05, 3.63) is 51.2 Å². The summed E-state index contributed by atoms with van der Waals surface area (Å²) in [5.41, 5.74) is 2.45. The lowest BCUT2D eigenvalue weighted by Gasteiger charge is -2.06. The van der Waals surface area contributed by atoms with Crippen LogP contribution < -0.4 is 5.43 Å². The molecule has 0 amide bonds. The minimum absolute atomic E-state index is 0.00116. The summed E-state index contributed by atoms with van der Waals surface area (Å²) in [6.07, 6.45) is 1.71. The van der Waals surface area contributed by atoms with Crippen LogP contribution in [-0.4, -0.2) is 14.8 Å². The number of rotatable bonds is 1. The van der Waals surface area contributed by atoms with E-state index in [4.69, 9.17) is 0 Å². The van der Waals surface area contributed by atoms with Gasteiger partial charge in [0.1, 0.15) is 0 Å². The zero-order valence-corrected chi connectivity index (χ0v) is 11.2. The van der Waals surface area contributed by atoms with Crippen molar-refractivity contribution in [3.63, 3.8) is 0 Å². The highest BCUT2D eigenvalue weighted by molar-refractivity contribution is 9.10. The highest BCUT2D eigenvalue weighted by atomic mass is 79.9. The number of hydrogen-bond acceptors (Lipinski definition) is 2. The van der Waals surface area contributed by atoms with Crippen molar-refractivity contribution < 1.29 is 0 Å². The van der Waals surface area contributed by atoms with Crippen molar-refractivity contribution in [1.82, 2.24) is 14.8 Å². The Morgan fingerprint density at radius 2 is 2.17 bits per heavy atom. The molecule has 2 aromatic heterocycles. The van der Waals surface area contributed by atoms with E-state index < -0.39 is 0 Å². The molecule has 0 aliphatic rings. The first-order chi connectivity index (χ1) is 8.66. The van der Waals surface area contributed by atoms with Crippen LogP contribution in [0.5, 0.6) is 0 Å². The van der Waals surface area contributed by atoms with Crippen LogP contribution in [0.2, 0.25) is 0 Å². The van der Waals surface area contributed by atoms with Crippen molar-refractivity contribution >= 4 is 26.8 Å². The van der Waals surface area contributed by atoms with E-state index in [2.05, 4.69) is 26.0 Å². The molecule has 18 heavy (non-hydrogen) atoms. The van der Waals surface area contributed by atoms with Gasteiger partial charge in [-0.3, -0.25) is 9.48 Å². The van der Waals surface area contributed by atoms with E-state index >= 15 is 0 Å². The van der Waals surface area contributed by atoms with Gasteiger partial charge in [0, 0.05) is 29.2 Å². The first kappa shape index (κ1) is 11.2. The monoisotopic (exact) mass is 303 g/mol. The lowest BCUT2D eigenvalue weighted by Crippen LogP contribution is -2.05. The Hall–Kier alpha value is -1.88. The third-order valence-electron chi connectivity index (χ3n) is 2.91. The number of nitrogens with zero attached hydrogens (tertiary/aromatic N) is 2. The molecule has 1 aromatic carbocycles. The molecule has 0 bridgehead atoms. The fourth-order valence-electron chi connectivity index (χ4n) is 2.01. The number of H-pyrrole nitrogens is 1. The van der Waals surface area contributed by atoms with Crippen molar-refractivity contribution in [2.24, 2.45) is 7.05 Å². The molecule has 0 aliphatic heterocycles. The minimum atomic E-state index is 0.00116. The summed E-state index contributed by atoms with van der Waals surface area (Å²) in [6, 6.07) is 9.04. The predicted molar refractivity (Wildman–Crippen MR) is 74.5 cm³/mol. The molecule has 0 radical (unpaired) electrons. The molecule has 0 saturated carbocycles. The van der Waals surface area contributed by atoms with Crippen molar-refractivity contribution in [2.45, 2.75) is 0 Å². The molecule has 0 saturated heterocycles. The second-order valence-electron chi connectivity index (χ2n) is 4.05. The Morgan fingerprint density at radius 3 is 2.89 bits per heavy atom. The maximum Gasteiger partial charge on any atom is 0.190 e. The molecule has 5 heteroatoms. The number of nitrogens with one attached hydrogen (secondary N) is 1. The van der Waals surface area contributed by atoms with E-state index in [9.17, 15) is 4.79 Å². The minimum Gasteiger partial charge on any atom is -0.352 e. The van der Waals surface area contributed by atoms with Gasteiger partial charge in [0.15, 0.2) is 5.43 Å². The molecule has 0 aliphatic carbocycles. The van der Waals surface area contributed by atoms with E-state index in [1.54, 1.807) is 16.9 Å². The number of aryl methyl sites for hydroxylation is 1. The summed E-state index contributed by atoms with van der Waals surface area (Å²) in [5.74, 6) is 0. The maximum atomic E-state index is 12.1. The molecule has 0 spiro atoms. The summed E-state index contributed by atoms with van der Waals surface area (Å²) < 4.78 is 2.61. The number of fused-ring (bicyclic) bond motifs is 1. The number of aromatic amines is 1. The van der Waals surface area contributed by atoms with Crippen molar-refractivity contribution in [1.29, 1.82) is 0 Å². The Morgan fingerprint density at radius 1 is 1.33 bits per heavy atom. The molecule has 90 valence electrons. The Balaban J connectivity index is 2.37. The lowest BCUT2D eigenvalue weighted by molar-refractivity contribution is 0.773. The molecule has 2 heterocycles. The van der Waals surface area contributed by atoms with E-state index in [-0.39, 0.29) is 5.43 Å². The van der Waals surface area contributed by atoms with Gasteiger partial charge in [-0.2, -0.15) is 5.10 Å². The Labute approximate surface area is 111 Å². The fraction of sp³-hybridized carbons (Fsp3) is 0.0769. The smallest absolute Gasteiger partial charge is 0.190 e. The molecule has 1 N–H and O–H groups in total. The van der Waals surface area contributed by atoms with Crippen LogP contribution in [0.15, 0.2) is 45.8 Å². The normalized spacial score (nSPS) is 11.0. The average Bonchev–Trinajstić information content (AvgIpc) is 2.77. The van der Waals surface area contributed by atoms with Gasteiger partial charge in [0.25, 0.3) is 0 Å². The topological polar surface area (TPSA) is 50.7 Å². The largest absolute Gasteiger partial charge is 0.352 e. The van der Waals surface area contributed by atoms with Crippen LogP contribution in [0.1, 0.15) is 0 Å². The van der Waals surface area contributed by atoms with Crippen LogP contribution in [0.3, 0.4) is 0 Å². The summed E-state index contributed by atoms with van der Waals surface area (Å²) >= 11 is 3.45. The second-order valence-corrected chi connectivity index (χ2v) is 4.90. The molecular formula is C13H10BrN3O. The van der Waals surface area contributed by atoms with Gasteiger partial charge in [-0.05, 0) is 34.1 Å². The number of aromatic nitrogens is 3. The van der Waals surface area contributed by atoms with Crippen molar-refractivity contribution in [2.75, 3.05) is 0 Å². The first-order valence-corrected chi connectivity index (χ1v) is 6.26. The summed E-state index contributed by atoms with van der Waals surface area (Å²) in [6.45, 7) is 0. The number of pyridine rings is 1. The quantitative estimate of drug-likeness (QED) is 0.751. The van der Waals surface area contributed by atoms with Crippen molar-refractivity contribution in [3.8, 4) is 11.4 Å². The molecule has 4 nitrogen and oxygen atoms in total. The Bertz CT molecular complexity index is 788. The van der Waals surface area contributed by atoms with Gasteiger partial charge in [0.2, 0.25) is 0 Å². The molecule has 0 fully saturated rings. The molecule has 0 unspecified atom stereocenters. The number of para-hydroxylation sites is 1. The molecule has 3 aromatic rings. The van der Waals surface area contributed by atoms with E-state index in [1.165, 1.54) is 0 Å². The standard InChI is InChI=1S/C13H10BrN3O/c1-17-11(5-6-15-17)10-7-12(18)8-3-2-4-9(14)13(8)16-10/h2-7H,1H3,(H,16,18). The third kappa shape index (κ3) is 1.67. The van der Waals surface area contributed by atoms with E-state index in [0.29, 0.717) is 5.39 Å². The van der Waals surface area contributed by atoms with E-state index in [1.807, 2.05) is 31.3 Å². The van der Waals surface area contributed by atoms with Crippen LogP contribution in [0, 0.1) is 0 Å². The molecular weight excluding hydrogens is 294 g/mol. The summed E-state index contributed by atoms with van der Waals surface area (Å²) in [7, 11) is 1.85. The lowest BCUT2D eigenvalue weighted by atomic mass is 10.1. The zero-order valence-electron chi connectivity index (χ0n) is 9.64. The van der Waals surface area contributed by atoms with Crippen LogP contribution in [-0.2, 0) is 7.05 Å². The average molecular weight is 304 g/mol. The van der Waals surface area contributed by atoms with Gasteiger partial charge in [-0.25, -0.2) is 0 Å². The van der Waals surface area contributed by atoms with Crippen LogP contribution in [0.25, 0.3) is 22.3 Å². The van der Waals surface area contributed by atoms with E-state index in [0.717, 1.165) is 21.4 Å². The predicted octanol–water partition coefficient (Wildman–Crippen LogP) is 2.69. The number of halogens is 1. The van der Waals surface area contributed by atoms with Gasteiger partial charge in [0.05, 0.1) is 16.9 Å². The summed E-state index contributed by atoms with van der Waals surface area (Å²) in [5, 5.41) is 4.78. The van der Waals surface area contributed by atoms with Gasteiger partial charge in [-0.1, -0.05) is 6.07 Å². The fourth-order valence-corrected chi connectivity index (χ4v) is 2.48. The zero-order chi connectivity index (χ0) is 12.7. The van der Waals surface area contributed by atoms with Gasteiger partial charge >= 0.3 is 0 Å². The van der Waals surface area contributed by atoms with Gasteiger partial charge < -0.3 is 4.98 Å².